The van der Waals surface area contributed by atoms with Gasteiger partial charge in [-0.05, 0) is 41.8 Å². The zero-order valence-corrected chi connectivity index (χ0v) is 21.2. The number of halogens is 3. The van der Waals surface area contributed by atoms with E-state index in [1.807, 2.05) is 29.2 Å². The average molecular weight is 534 g/mol. The van der Waals surface area contributed by atoms with E-state index in [0.717, 1.165) is 11.3 Å². The van der Waals surface area contributed by atoms with E-state index in [9.17, 15) is 19.1 Å². The fraction of sp³-hybridized carbons (Fsp3) is 0.417. The molecule has 0 aromatic heterocycles. The lowest BCUT2D eigenvalue weighted by Gasteiger charge is -2.24. The predicted molar refractivity (Wildman–Crippen MR) is 141 cm³/mol. The number of hydrogen-bond acceptors (Lipinski definition) is 6. The summed E-state index contributed by atoms with van der Waals surface area (Å²) in [7, 11) is 10.5. The third-order valence-corrected chi connectivity index (χ3v) is 5.54. The zero-order chi connectivity index (χ0) is 26.7. The Balaban J connectivity index is 2.06. The molecule has 4 N–H and O–H groups in total. The Labute approximate surface area is 223 Å². The van der Waals surface area contributed by atoms with Crippen LogP contribution in [0.4, 0.5) is 10.1 Å². The van der Waals surface area contributed by atoms with Crippen LogP contribution in [0.25, 0.3) is 0 Å². The minimum Gasteiger partial charge on any atom is -0.463 e. The number of benzene rings is 2. The highest BCUT2D eigenvalue weighted by molar-refractivity contribution is 6.39. The Hall–Kier alpha value is -2.26. The number of ether oxygens (including phenoxy) is 1. The van der Waals surface area contributed by atoms with Gasteiger partial charge in [0.2, 0.25) is 5.91 Å². The second-order valence-corrected chi connectivity index (χ2v) is 9.09. The second-order valence-electron chi connectivity index (χ2n) is 8.33. The summed E-state index contributed by atoms with van der Waals surface area (Å²) in [4.78, 5) is 27.4. The molecular weight excluding hydrogens is 506 g/mol. The van der Waals surface area contributed by atoms with Crippen molar-refractivity contribution in [1.29, 1.82) is 0 Å². The number of aliphatic hydroxyl groups is 1. The molecule has 12 heteroatoms. The standard InChI is InChI=1S/C24H28B2Cl2FN3O4/c25-24(26,35)15-36-23(34)21(14-17-1-5-18(29)6-2-17)31-22(33)20(30)13-16-3-7-19(8-4-16)32(11-9-27)12-10-28/h1-8,20-21,35H,9-15,30H2,(H,31,33). The van der Waals surface area contributed by atoms with Gasteiger partial charge in [0.15, 0.2) is 0 Å². The first-order valence-electron chi connectivity index (χ1n) is 11.3. The second kappa shape index (κ2) is 14.5. The molecule has 0 aliphatic rings. The highest BCUT2D eigenvalue weighted by Crippen LogP contribution is 2.17. The fourth-order valence-corrected chi connectivity index (χ4v) is 3.79. The molecule has 2 unspecified atom stereocenters. The van der Waals surface area contributed by atoms with E-state index in [1.165, 1.54) is 24.3 Å². The van der Waals surface area contributed by atoms with Crippen molar-refractivity contribution in [3.8, 4) is 0 Å². The summed E-state index contributed by atoms with van der Waals surface area (Å²) in [6.07, 6.45) is 0.206. The number of carbonyl (C=O) groups is 2. The Kier molecular flexibility index (Phi) is 12.0. The maximum atomic E-state index is 13.3. The monoisotopic (exact) mass is 533 g/mol. The lowest BCUT2D eigenvalue weighted by Crippen LogP contribution is -2.51. The van der Waals surface area contributed by atoms with Crippen LogP contribution in [0.15, 0.2) is 48.5 Å². The molecule has 0 saturated heterocycles. The van der Waals surface area contributed by atoms with Crippen molar-refractivity contribution in [2.24, 2.45) is 5.73 Å². The molecule has 2 aromatic rings. The van der Waals surface area contributed by atoms with E-state index in [1.54, 1.807) is 0 Å². The summed E-state index contributed by atoms with van der Waals surface area (Å²) in [6, 6.07) is 10.8. The van der Waals surface area contributed by atoms with E-state index < -0.39 is 41.8 Å². The van der Waals surface area contributed by atoms with Crippen LogP contribution in [0.5, 0.6) is 0 Å². The van der Waals surface area contributed by atoms with Crippen LogP contribution < -0.4 is 16.0 Å². The van der Waals surface area contributed by atoms with Gasteiger partial charge in [-0.1, -0.05) is 24.3 Å². The lowest BCUT2D eigenvalue weighted by molar-refractivity contribution is -0.150. The van der Waals surface area contributed by atoms with Gasteiger partial charge in [-0.2, -0.15) is 0 Å². The van der Waals surface area contributed by atoms with E-state index in [4.69, 9.17) is 49.4 Å². The van der Waals surface area contributed by atoms with Crippen molar-refractivity contribution in [1.82, 2.24) is 5.32 Å². The van der Waals surface area contributed by atoms with Crippen LogP contribution >= 0.6 is 23.2 Å². The summed E-state index contributed by atoms with van der Waals surface area (Å²) in [5.74, 6) is -0.996. The van der Waals surface area contributed by atoms with Gasteiger partial charge in [0, 0.05) is 42.4 Å². The zero-order valence-electron chi connectivity index (χ0n) is 19.7. The first-order chi connectivity index (χ1) is 17.0. The Morgan fingerprint density at radius 3 is 2.08 bits per heavy atom. The number of nitrogens with two attached hydrogens (primary N) is 1. The number of nitrogens with one attached hydrogen (secondary N) is 1. The molecule has 0 saturated carbocycles. The van der Waals surface area contributed by atoms with E-state index in [-0.39, 0.29) is 12.8 Å². The molecule has 0 heterocycles. The van der Waals surface area contributed by atoms with Crippen LogP contribution in [-0.4, -0.2) is 81.6 Å². The smallest absolute Gasteiger partial charge is 0.329 e. The minimum absolute atomic E-state index is 0.00316. The molecule has 2 rings (SSSR count). The molecule has 0 fully saturated rings. The van der Waals surface area contributed by atoms with Gasteiger partial charge in [0.05, 0.1) is 6.04 Å². The number of nitrogens with zero attached hydrogens (tertiary/aromatic N) is 1. The number of amides is 1. The quantitative estimate of drug-likeness (QED) is 0.192. The van der Waals surface area contributed by atoms with Gasteiger partial charge >= 0.3 is 5.97 Å². The molecule has 4 radical (unpaired) electrons. The van der Waals surface area contributed by atoms with Gasteiger partial charge in [0.1, 0.15) is 34.2 Å². The molecule has 190 valence electrons. The van der Waals surface area contributed by atoms with E-state index in [2.05, 4.69) is 5.32 Å². The molecule has 2 atom stereocenters. The van der Waals surface area contributed by atoms with Crippen LogP contribution in [0.1, 0.15) is 11.1 Å². The Morgan fingerprint density at radius 2 is 1.56 bits per heavy atom. The van der Waals surface area contributed by atoms with Gasteiger partial charge in [-0.25, -0.2) is 9.18 Å². The van der Waals surface area contributed by atoms with Gasteiger partial charge < -0.3 is 25.8 Å². The molecule has 0 bridgehead atoms. The van der Waals surface area contributed by atoms with E-state index >= 15 is 0 Å². The molecule has 0 aliphatic heterocycles. The summed E-state index contributed by atoms with van der Waals surface area (Å²) in [6.45, 7) is 0.601. The minimum atomic E-state index is -2.23. The molecule has 36 heavy (non-hydrogen) atoms. The molecule has 2 aromatic carbocycles. The van der Waals surface area contributed by atoms with Gasteiger partial charge in [-0.15, -0.1) is 23.2 Å². The normalized spacial score (nSPS) is 13.0. The van der Waals surface area contributed by atoms with Crippen LogP contribution in [0, 0.1) is 5.82 Å². The topological polar surface area (TPSA) is 105 Å². The van der Waals surface area contributed by atoms with Gasteiger partial charge in [0.25, 0.3) is 0 Å². The third-order valence-electron chi connectivity index (χ3n) is 5.20. The van der Waals surface area contributed by atoms with Crippen molar-refractivity contribution < 1.29 is 23.8 Å². The summed E-state index contributed by atoms with van der Waals surface area (Å²) >= 11 is 11.7. The lowest BCUT2D eigenvalue weighted by atomic mass is 9.66. The van der Waals surface area contributed by atoms with Gasteiger partial charge in [-0.3, -0.25) is 4.79 Å². The average Bonchev–Trinajstić information content (AvgIpc) is 2.83. The van der Waals surface area contributed by atoms with Crippen LogP contribution in [-0.2, 0) is 27.2 Å². The maximum Gasteiger partial charge on any atom is 0.329 e. The SMILES string of the molecule is [B]C([B])(O)COC(=O)C(Cc1ccc(F)cc1)NC(=O)C(N)Cc1ccc(N(CCCl)CCCl)cc1. The molecular formula is C24H28B2Cl2FN3O4. The first-order valence-corrected chi connectivity index (χ1v) is 12.3. The highest BCUT2D eigenvalue weighted by atomic mass is 35.5. The Bertz CT molecular complexity index is 973. The summed E-state index contributed by atoms with van der Waals surface area (Å²) in [5.41, 5.74) is 8.43. The largest absolute Gasteiger partial charge is 0.463 e. The van der Waals surface area contributed by atoms with E-state index in [0.29, 0.717) is 30.4 Å². The maximum absolute atomic E-state index is 13.3. The summed E-state index contributed by atoms with van der Waals surface area (Å²) in [5, 5.41) is 9.77. The number of carbonyl (C=O) groups excluding carboxylic acids is 2. The number of esters is 1. The predicted octanol–water partition coefficient (Wildman–Crippen LogP) is 1.23. The number of anilines is 1. The highest BCUT2D eigenvalue weighted by Gasteiger charge is 2.27. The summed E-state index contributed by atoms with van der Waals surface area (Å²) < 4.78 is 18.2. The van der Waals surface area contributed by atoms with Crippen molar-refractivity contribution >= 4 is 56.5 Å². The van der Waals surface area contributed by atoms with Crippen molar-refractivity contribution in [3.63, 3.8) is 0 Å². The third kappa shape index (κ3) is 10.4. The molecule has 0 spiro atoms. The Morgan fingerprint density at radius 1 is 1.03 bits per heavy atom. The number of hydrogen-bond donors (Lipinski definition) is 3. The van der Waals surface area contributed by atoms with Crippen LogP contribution in [0.3, 0.4) is 0 Å². The molecule has 7 nitrogen and oxygen atoms in total. The van der Waals surface area contributed by atoms with Crippen molar-refractivity contribution in [2.45, 2.75) is 30.3 Å². The first kappa shape index (κ1) is 30.0. The number of alkyl halides is 2. The number of rotatable bonds is 14. The molecule has 1 amide bonds. The molecule has 0 aliphatic carbocycles. The fourth-order valence-electron chi connectivity index (χ4n) is 3.38. The van der Waals surface area contributed by atoms with Crippen molar-refractivity contribution in [3.05, 3.63) is 65.5 Å². The van der Waals surface area contributed by atoms with Crippen LogP contribution in [0.2, 0.25) is 0 Å². The van der Waals surface area contributed by atoms with Crippen molar-refractivity contribution in [2.75, 3.05) is 36.4 Å².